The van der Waals surface area contributed by atoms with Crippen LogP contribution in [0, 0.1) is 6.92 Å². The van der Waals surface area contributed by atoms with Gasteiger partial charge in [0.1, 0.15) is 6.04 Å². The van der Waals surface area contributed by atoms with Crippen molar-refractivity contribution in [3.05, 3.63) is 14.7 Å². The molecule has 0 amide bonds. The minimum absolute atomic E-state index is 0.154. The number of carboxylic acids is 1. The third kappa shape index (κ3) is 2.93. The topological polar surface area (TPSA) is 74.7 Å². The van der Waals surface area contributed by atoms with E-state index in [2.05, 4.69) is 15.9 Å². The van der Waals surface area contributed by atoms with Gasteiger partial charge in [0, 0.05) is 11.9 Å². The lowest BCUT2D eigenvalue weighted by Gasteiger charge is -2.22. The van der Waals surface area contributed by atoms with E-state index in [1.165, 1.54) is 24.5 Å². The van der Waals surface area contributed by atoms with E-state index in [9.17, 15) is 13.2 Å². The third-order valence-corrected chi connectivity index (χ3v) is 6.29. The van der Waals surface area contributed by atoms with E-state index >= 15 is 0 Å². The van der Waals surface area contributed by atoms with E-state index in [1.54, 1.807) is 13.8 Å². The Bertz CT molecular complexity index is 552. The van der Waals surface area contributed by atoms with Gasteiger partial charge < -0.3 is 5.11 Å². The first-order valence-corrected chi connectivity index (χ1v) is 8.23. The molecule has 0 spiro atoms. The van der Waals surface area contributed by atoms with Crippen molar-refractivity contribution >= 4 is 43.3 Å². The summed E-state index contributed by atoms with van der Waals surface area (Å²) in [6.45, 7) is 3.33. The van der Waals surface area contributed by atoms with Gasteiger partial charge in [0.2, 0.25) is 10.0 Å². The fourth-order valence-corrected chi connectivity index (χ4v) is 5.36. The minimum atomic E-state index is -3.77. The molecule has 1 aromatic rings. The summed E-state index contributed by atoms with van der Waals surface area (Å²) in [4.78, 5) is 11.8. The van der Waals surface area contributed by atoms with Gasteiger partial charge in [-0.2, -0.15) is 4.31 Å². The molecule has 0 aromatic carbocycles. The maximum atomic E-state index is 12.3. The number of sulfonamides is 1. The van der Waals surface area contributed by atoms with Crippen molar-refractivity contribution in [2.45, 2.75) is 31.2 Å². The molecule has 0 saturated carbocycles. The maximum Gasteiger partial charge on any atom is 0.321 e. The highest BCUT2D eigenvalue weighted by molar-refractivity contribution is 9.11. The molecule has 0 fully saturated rings. The average Bonchev–Trinajstić information content (AvgIpc) is 2.58. The molecule has 1 N–H and O–H groups in total. The van der Waals surface area contributed by atoms with Gasteiger partial charge in [-0.15, -0.1) is 11.3 Å². The van der Waals surface area contributed by atoms with E-state index < -0.39 is 22.0 Å². The molecule has 8 heteroatoms. The number of hydrogen-bond acceptors (Lipinski definition) is 4. The second-order valence-corrected chi connectivity index (χ2v) is 8.36. The minimum Gasteiger partial charge on any atom is -0.480 e. The van der Waals surface area contributed by atoms with Crippen molar-refractivity contribution in [2.75, 3.05) is 7.05 Å². The molecule has 1 atom stereocenters. The second kappa shape index (κ2) is 5.68. The Kier molecular flexibility index (Phi) is 4.93. The number of carboxylic acid groups (broad SMARTS) is 1. The Morgan fingerprint density at radius 1 is 1.61 bits per heavy atom. The van der Waals surface area contributed by atoms with Crippen LogP contribution in [0.2, 0.25) is 0 Å². The fourth-order valence-electron chi connectivity index (χ4n) is 1.60. The van der Waals surface area contributed by atoms with Crippen molar-refractivity contribution < 1.29 is 18.3 Å². The quantitative estimate of drug-likeness (QED) is 0.879. The average molecular weight is 356 g/mol. The van der Waals surface area contributed by atoms with E-state index in [4.69, 9.17) is 5.11 Å². The lowest BCUT2D eigenvalue weighted by molar-refractivity contribution is -0.141. The summed E-state index contributed by atoms with van der Waals surface area (Å²) >= 11 is 4.53. The van der Waals surface area contributed by atoms with Gasteiger partial charge in [-0.25, -0.2) is 8.42 Å². The van der Waals surface area contributed by atoms with Crippen molar-refractivity contribution in [1.29, 1.82) is 0 Å². The number of aryl methyl sites for hydroxylation is 1. The predicted molar refractivity (Wildman–Crippen MR) is 73.4 cm³/mol. The SMILES string of the molecule is CCC(C(=O)O)N(C)S(=O)(=O)c1cc(Br)sc1C. The molecule has 1 rings (SSSR count). The molecule has 0 saturated heterocycles. The molecular weight excluding hydrogens is 342 g/mol. The van der Waals surface area contributed by atoms with Crippen LogP contribution < -0.4 is 0 Å². The number of likely N-dealkylation sites (N-methyl/N-ethyl adjacent to an activating group) is 1. The summed E-state index contributed by atoms with van der Waals surface area (Å²) < 4.78 is 26.3. The van der Waals surface area contributed by atoms with Gasteiger partial charge in [0.05, 0.1) is 8.68 Å². The molecule has 1 heterocycles. The molecule has 0 aliphatic rings. The van der Waals surface area contributed by atoms with Crippen LogP contribution in [0.1, 0.15) is 18.2 Å². The highest BCUT2D eigenvalue weighted by Gasteiger charge is 2.33. The Hall–Kier alpha value is -0.440. The van der Waals surface area contributed by atoms with Crippen LogP contribution in [-0.4, -0.2) is 36.9 Å². The molecule has 0 aliphatic carbocycles. The number of aliphatic carboxylic acids is 1. The summed E-state index contributed by atoms with van der Waals surface area (Å²) in [6, 6.07) is 0.452. The Balaban J connectivity index is 3.22. The Morgan fingerprint density at radius 2 is 2.17 bits per heavy atom. The van der Waals surface area contributed by atoms with Crippen molar-refractivity contribution in [3.8, 4) is 0 Å². The van der Waals surface area contributed by atoms with Crippen LogP contribution in [-0.2, 0) is 14.8 Å². The zero-order valence-corrected chi connectivity index (χ0v) is 13.4. The molecular formula is C10H14BrNO4S2. The lowest BCUT2D eigenvalue weighted by atomic mass is 10.2. The smallest absolute Gasteiger partial charge is 0.321 e. The van der Waals surface area contributed by atoms with Crippen LogP contribution in [0.25, 0.3) is 0 Å². The molecule has 1 unspecified atom stereocenters. The molecule has 102 valence electrons. The standard InChI is InChI=1S/C10H14BrNO4S2/c1-4-7(10(13)14)12(3)18(15,16)8-5-9(11)17-6(8)2/h5,7H,4H2,1-3H3,(H,13,14). The van der Waals surface area contributed by atoms with E-state index in [0.29, 0.717) is 8.66 Å². The van der Waals surface area contributed by atoms with Gasteiger partial charge in [-0.05, 0) is 35.3 Å². The van der Waals surface area contributed by atoms with Crippen LogP contribution in [0.5, 0.6) is 0 Å². The lowest BCUT2D eigenvalue weighted by Crippen LogP contribution is -2.41. The van der Waals surface area contributed by atoms with E-state index in [0.717, 1.165) is 4.31 Å². The molecule has 18 heavy (non-hydrogen) atoms. The zero-order chi connectivity index (χ0) is 14.1. The molecule has 0 bridgehead atoms. The van der Waals surface area contributed by atoms with Gasteiger partial charge in [0.15, 0.2) is 0 Å². The Morgan fingerprint density at radius 3 is 2.50 bits per heavy atom. The van der Waals surface area contributed by atoms with Gasteiger partial charge in [-0.1, -0.05) is 6.92 Å². The summed E-state index contributed by atoms with van der Waals surface area (Å²) in [7, 11) is -2.48. The number of hydrogen-bond donors (Lipinski definition) is 1. The first-order valence-electron chi connectivity index (χ1n) is 5.18. The summed E-state index contributed by atoms with van der Waals surface area (Å²) in [5.41, 5.74) is 0. The molecule has 1 aromatic heterocycles. The highest BCUT2D eigenvalue weighted by atomic mass is 79.9. The zero-order valence-electron chi connectivity index (χ0n) is 10.2. The van der Waals surface area contributed by atoms with Crippen LogP contribution in [0.3, 0.4) is 0 Å². The van der Waals surface area contributed by atoms with Gasteiger partial charge in [0.25, 0.3) is 0 Å². The molecule has 0 radical (unpaired) electrons. The molecule has 5 nitrogen and oxygen atoms in total. The monoisotopic (exact) mass is 355 g/mol. The number of thiophene rings is 1. The van der Waals surface area contributed by atoms with Crippen LogP contribution in [0.15, 0.2) is 14.7 Å². The van der Waals surface area contributed by atoms with Gasteiger partial charge in [-0.3, -0.25) is 4.79 Å². The van der Waals surface area contributed by atoms with Crippen molar-refractivity contribution in [1.82, 2.24) is 4.31 Å². The predicted octanol–water partition coefficient (Wildman–Crippen LogP) is 2.30. The van der Waals surface area contributed by atoms with Crippen molar-refractivity contribution in [2.24, 2.45) is 0 Å². The maximum absolute atomic E-state index is 12.3. The highest BCUT2D eigenvalue weighted by Crippen LogP contribution is 2.31. The number of nitrogens with zero attached hydrogens (tertiary/aromatic N) is 1. The first kappa shape index (κ1) is 15.6. The van der Waals surface area contributed by atoms with E-state index in [-0.39, 0.29) is 11.3 Å². The second-order valence-electron chi connectivity index (χ2n) is 3.75. The number of halogens is 1. The first-order chi connectivity index (χ1) is 8.21. The summed E-state index contributed by atoms with van der Waals surface area (Å²) in [5.74, 6) is -1.14. The molecule has 0 aliphatic heterocycles. The van der Waals surface area contributed by atoms with E-state index in [1.807, 2.05) is 0 Å². The number of rotatable bonds is 5. The van der Waals surface area contributed by atoms with Crippen LogP contribution >= 0.6 is 27.3 Å². The van der Waals surface area contributed by atoms with Crippen molar-refractivity contribution in [3.63, 3.8) is 0 Å². The third-order valence-electron chi connectivity index (χ3n) is 2.61. The largest absolute Gasteiger partial charge is 0.480 e. The van der Waals surface area contributed by atoms with Crippen LogP contribution in [0.4, 0.5) is 0 Å². The Labute approximate surface area is 119 Å². The number of carbonyl (C=O) groups is 1. The van der Waals surface area contributed by atoms with Gasteiger partial charge >= 0.3 is 5.97 Å². The summed E-state index contributed by atoms with van der Waals surface area (Å²) in [5, 5.41) is 9.02. The summed E-state index contributed by atoms with van der Waals surface area (Å²) in [6.07, 6.45) is 0.218. The fraction of sp³-hybridized carbons (Fsp3) is 0.500. The normalized spacial score (nSPS) is 13.8.